The van der Waals surface area contributed by atoms with Gasteiger partial charge in [-0.2, -0.15) is 0 Å². The predicted octanol–water partition coefficient (Wildman–Crippen LogP) is -0.298. The zero-order valence-corrected chi connectivity index (χ0v) is 19.4. The van der Waals surface area contributed by atoms with Crippen LogP contribution in [0, 0.1) is 0 Å². The summed E-state index contributed by atoms with van der Waals surface area (Å²) >= 11 is 2.37. The molecule has 1 aromatic heterocycles. The molecule has 2 aromatic rings. The number of benzene rings is 1. The molecule has 0 saturated carbocycles. The number of fused-ring (bicyclic) bond motifs is 1. The molecular formula is C20H19N5O8S2. The highest BCUT2D eigenvalue weighted by Crippen LogP contribution is 2.41. The van der Waals surface area contributed by atoms with E-state index in [1.54, 1.807) is 0 Å². The molecule has 2 amide bonds. The van der Waals surface area contributed by atoms with E-state index in [0.717, 1.165) is 16.7 Å². The van der Waals surface area contributed by atoms with E-state index in [1.807, 2.05) is 0 Å². The fraction of sp³-hybridized carbons (Fsp3) is 0.300. The third-order valence-electron chi connectivity index (χ3n) is 5.21. The van der Waals surface area contributed by atoms with Gasteiger partial charge in [-0.25, -0.2) is 9.78 Å². The van der Waals surface area contributed by atoms with E-state index in [4.69, 9.17) is 5.11 Å². The van der Waals surface area contributed by atoms with Gasteiger partial charge < -0.3 is 25.7 Å². The summed E-state index contributed by atoms with van der Waals surface area (Å²) < 4.78 is 0. The smallest absolute Gasteiger partial charge is 0.352 e. The molecule has 3 atom stereocenters. The number of rotatable bonds is 9. The van der Waals surface area contributed by atoms with E-state index in [9.17, 15) is 34.5 Å². The lowest BCUT2D eigenvalue weighted by molar-refractivity contribution is -0.151. The number of carbonyl (C=O) groups is 4. The highest BCUT2D eigenvalue weighted by Gasteiger charge is 2.54. The summed E-state index contributed by atoms with van der Waals surface area (Å²) in [4.78, 5) is 53.1. The SMILES string of the molecule is O=C(O)Cc1nc(SCC2=C(C(=O)O)N3C(=O)C(NC(=O)C(O)c4ccc(O)cc4)[C@@H]3SC2)n[nH]1. The van der Waals surface area contributed by atoms with Gasteiger partial charge in [-0.05, 0) is 23.3 Å². The molecule has 15 heteroatoms. The van der Waals surface area contributed by atoms with E-state index in [1.165, 1.54) is 36.0 Å². The maximum absolute atomic E-state index is 12.8. The summed E-state index contributed by atoms with van der Waals surface area (Å²) in [5.41, 5.74) is 0.497. The van der Waals surface area contributed by atoms with Gasteiger partial charge >= 0.3 is 11.9 Å². The zero-order chi connectivity index (χ0) is 25.3. The number of H-pyrrole nitrogens is 1. The van der Waals surface area contributed by atoms with Crippen molar-refractivity contribution in [1.29, 1.82) is 0 Å². The first kappa shape index (κ1) is 24.6. The number of carboxylic acid groups (broad SMARTS) is 2. The first-order valence-electron chi connectivity index (χ1n) is 10.1. The zero-order valence-electron chi connectivity index (χ0n) is 17.7. The molecule has 1 aromatic carbocycles. The lowest BCUT2D eigenvalue weighted by Gasteiger charge is -2.49. The van der Waals surface area contributed by atoms with Gasteiger partial charge in [0.15, 0.2) is 6.10 Å². The van der Waals surface area contributed by atoms with Crippen molar-refractivity contribution < 1.29 is 39.6 Å². The molecule has 4 rings (SSSR count). The van der Waals surface area contributed by atoms with Crippen LogP contribution in [0.5, 0.6) is 5.75 Å². The summed E-state index contributed by atoms with van der Waals surface area (Å²) in [5.74, 6) is -3.25. The summed E-state index contributed by atoms with van der Waals surface area (Å²) in [6.45, 7) is 0. The van der Waals surface area contributed by atoms with Crippen LogP contribution in [-0.4, -0.2) is 87.2 Å². The highest BCUT2D eigenvalue weighted by molar-refractivity contribution is 8.01. The van der Waals surface area contributed by atoms with Crippen molar-refractivity contribution in [3.63, 3.8) is 0 Å². The van der Waals surface area contributed by atoms with Crippen LogP contribution in [0.2, 0.25) is 0 Å². The standard InChI is InChI=1S/C20H19N5O8S2/c26-10-3-1-8(2-4-10)15(29)16(30)22-13-17(31)25-14(19(32)33)9(6-34-18(13)25)7-35-20-21-11(23-24-20)5-12(27)28/h1-4,13,15,18,26,29H,5-7H2,(H,22,30)(H,27,28)(H,32,33)(H,21,23,24)/t13?,15?,18-/m0/s1. The predicted molar refractivity (Wildman–Crippen MR) is 121 cm³/mol. The van der Waals surface area contributed by atoms with Crippen molar-refractivity contribution in [2.24, 2.45) is 0 Å². The number of aliphatic carboxylic acids is 2. The Labute approximate surface area is 205 Å². The summed E-state index contributed by atoms with van der Waals surface area (Å²) in [7, 11) is 0. The Kier molecular flexibility index (Phi) is 7.00. The lowest BCUT2D eigenvalue weighted by Crippen LogP contribution is -2.70. The number of carboxylic acids is 2. The van der Waals surface area contributed by atoms with Gasteiger partial charge in [-0.15, -0.1) is 16.9 Å². The second-order valence-corrected chi connectivity index (χ2v) is 9.62. The number of aromatic nitrogens is 3. The minimum atomic E-state index is -1.57. The third kappa shape index (κ3) is 5.11. The van der Waals surface area contributed by atoms with Gasteiger partial charge in [-0.1, -0.05) is 23.9 Å². The van der Waals surface area contributed by atoms with Crippen molar-refractivity contribution in [2.45, 2.75) is 29.1 Å². The molecule has 0 radical (unpaired) electrons. The highest BCUT2D eigenvalue weighted by atomic mass is 32.2. The number of hydrogen-bond donors (Lipinski definition) is 6. The van der Waals surface area contributed by atoms with Crippen molar-refractivity contribution in [1.82, 2.24) is 25.4 Å². The first-order chi connectivity index (χ1) is 16.7. The number of β-lactam (4-membered cyclic amide) rings is 1. The number of carbonyl (C=O) groups excluding carboxylic acids is 2. The first-order valence-corrected chi connectivity index (χ1v) is 12.1. The minimum absolute atomic E-state index is 0.0319. The van der Waals surface area contributed by atoms with Gasteiger partial charge in [0.05, 0.1) is 0 Å². The molecule has 2 aliphatic rings. The Hall–Kier alpha value is -3.56. The maximum Gasteiger partial charge on any atom is 0.352 e. The second-order valence-electron chi connectivity index (χ2n) is 7.57. The maximum atomic E-state index is 12.8. The molecule has 3 heterocycles. The van der Waals surface area contributed by atoms with Gasteiger partial charge in [0.1, 0.15) is 35.1 Å². The molecule has 13 nitrogen and oxygen atoms in total. The topological polar surface area (TPSA) is 206 Å². The molecular weight excluding hydrogens is 502 g/mol. The molecule has 184 valence electrons. The van der Waals surface area contributed by atoms with Crippen molar-refractivity contribution in [3.05, 3.63) is 46.9 Å². The number of aromatic amines is 1. The second kappa shape index (κ2) is 9.97. The quantitative estimate of drug-likeness (QED) is 0.186. The van der Waals surface area contributed by atoms with Crippen LogP contribution in [0.3, 0.4) is 0 Å². The number of thioether (sulfide) groups is 2. The van der Waals surface area contributed by atoms with Crippen LogP contribution in [0.15, 0.2) is 40.7 Å². The van der Waals surface area contributed by atoms with Crippen LogP contribution >= 0.6 is 23.5 Å². The van der Waals surface area contributed by atoms with Gasteiger partial charge in [0, 0.05) is 11.5 Å². The number of hydrogen-bond acceptors (Lipinski definition) is 10. The van der Waals surface area contributed by atoms with Crippen molar-refractivity contribution in [2.75, 3.05) is 11.5 Å². The van der Waals surface area contributed by atoms with Gasteiger partial charge in [0.25, 0.3) is 11.8 Å². The Morgan fingerprint density at radius 1 is 1.26 bits per heavy atom. The molecule has 6 N–H and O–H groups in total. The van der Waals surface area contributed by atoms with Gasteiger partial charge in [0.2, 0.25) is 5.16 Å². The third-order valence-corrected chi connectivity index (χ3v) is 7.48. The van der Waals surface area contributed by atoms with E-state index < -0.39 is 41.3 Å². The summed E-state index contributed by atoms with van der Waals surface area (Å²) in [6, 6.07) is 4.37. The van der Waals surface area contributed by atoms with E-state index in [2.05, 4.69) is 20.5 Å². The van der Waals surface area contributed by atoms with E-state index >= 15 is 0 Å². The van der Waals surface area contributed by atoms with E-state index in [0.29, 0.717) is 5.57 Å². The fourth-order valence-electron chi connectivity index (χ4n) is 3.55. The Bertz CT molecular complexity index is 1210. The van der Waals surface area contributed by atoms with Crippen LogP contribution in [-0.2, 0) is 25.6 Å². The molecule has 2 aliphatic heterocycles. The molecule has 0 bridgehead atoms. The van der Waals surface area contributed by atoms with Crippen LogP contribution < -0.4 is 5.32 Å². The molecule has 35 heavy (non-hydrogen) atoms. The lowest BCUT2D eigenvalue weighted by atomic mass is 10.0. The number of aromatic hydroxyl groups is 1. The van der Waals surface area contributed by atoms with Crippen LogP contribution in [0.1, 0.15) is 17.5 Å². The Morgan fingerprint density at radius 2 is 1.97 bits per heavy atom. The fourth-order valence-corrected chi connectivity index (χ4v) is 5.85. The largest absolute Gasteiger partial charge is 0.508 e. The Balaban J connectivity index is 1.42. The average Bonchev–Trinajstić information content (AvgIpc) is 3.26. The molecule has 2 unspecified atom stereocenters. The monoisotopic (exact) mass is 521 g/mol. The average molecular weight is 522 g/mol. The molecule has 1 fully saturated rings. The van der Waals surface area contributed by atoms with E-state index in [-0.39, 0.29) is 45.9 Å². The normalized spacial score (nSPS) is 20.1. The van der Waals surface area contributed by atoms with Crippen molar-refractivity contribution >= 4 is 47.3 Å². The van der Waals surface area contributed by atoms with Crippen LogP contribution in [0.25, 0.3) is 0 Å². The van der Waals surface area contributed by atoms with Crippen molar-refractivity contribution in [3.8, 4) is 5.75 Å². The number of phenolic OH excluding ortho intramolecular Hbond substituents is 1. The molecule has 1 saturated heterocycles. The Morgan fingerprint density at radius 3 is 2.63 bits per heavy atom. The molecule has 0 spiro atoms. The summed E-state index contributed by atoms with van der Waals surface area (Å²) in [5, 5.41) is 46.6. The minimum Gasteiger partial charge on any atom is -0.508 e. The number of amides is 2. The number of nitrogens with zero attached hydrogens (tertiary/aromatic N) is 3. The number of phenols is 1. The number of aliphatic hydroxyl groups is 1. The summed E-state index contributed by atoms with van der Waals surface area (Å²) in [6.07, 6.45) is -1.90. The molecule has 0 aliphatic carbocycles. The van der Waals surface area contributed by atoms with Crippen LogP contribution in [0.4, 0.5) is 0 Å². The van der Waals surface area contributed by atoms with Gasteiger partial charge in [-0.3, -0.25) is 24.4 Å². The number of aliphatic hydroxyl groups excluding tert-OH is 1. The number of nitrogens with one attached hydrogen (secondary N) is 2.